The van der Waals surface area contributed by atoms with E-state index in [0.717, 1.165) is 62.7 Å². The zero-order chi connectivity index (χ0) is 76.1. The summed E-state index contributed by atoms with van der Waals surface area (Å²) < 4.78 is 113. The number of carbonyl (C=O) groups is 4. The molecule has 0 aliphatic carbocycles. The summed E-state index contributed by atoms with van der Waals surface area (Å²) in [4.78, 5) is 44.2. The molecule has 0 aliphatic rings. The summed E-state index contributed by atoms with van der Waals surface area (Å²) in [6.07, 6.45) is 17.1. The van der Waals surface area contributed by atoms with Crippen molar-refractivity contribution in [3.8, 4) is 0 Å². The van der Waals surface area contributed by atoms with Gasteiger partial charge < -0.3 is 59.2 Å². The largest absolute Gasteiger partial charge is 0.463 e. The Kier molecular flexibility index (Phi) is 61.2. The van der Waals surface area contributed by atoms with E-state index in [9.17, 15) is 36.0 Å². The van der Waals surface area contributed by atoms with Gasteiger partial charge in [-0.25, -0.2) is 16.8 Å². The lowest BCUT2D eigenvalue weighted by atomic mass is 10.2. The predicted molar refractivity (Wildman–Crippen MR) is 427 cm³/mol. The SMILES string of the molecule is CCCC[Si](C)(C)O[Si](C)(C)CCCOCCOC(=O)CCC(C)=O.CCCC[Si](C)(C)O[Si](C)(C)CCCOCCOC(=O)CCS(C)(=O)=O.CCCC[Si](C)(C)O[Si](C)(C)CCCOCCOCCC(C)=O.CCCC[Si](C)(C)O[Si](C)(C)CCCOCCOCCS(C)(=O)=O. The zero-order valence-corrected chi connectivity index (χ0v) is 76.9. The molecule has 0 aliphatic heterocycles. The Morgan fingerprint density at radius 2 is 0.490 bits per heavy atom. The first kappa shape index (κ1) is 104. The van der Waals surface area contributed by atoms with Crippen LogP contribution in [0.2, 0.25) is 153 Å². The number of hydrogen-bond donors (Lipinski definition) is 0. The van der Waals surface area contributed by atoms with Gasteiger partial charge in [-0.3, -0.25) is 14.4 Å². The van der Waals surface area contributed by atoms with Crippen LogP contribution in [-0.2, 0) is 93.2 Å². The van der Waals surface area contributed by atoms with Gasteiger partial charge in [0.05, 0.1) is 77.2 Å². The average Bonchev–Trinajstić information content (AvgIpc) is 1.06. The number of unbranched alkanes of at least 4 members (excludes halogenated alkanes) is 4. The van der Waals surface area contributed by atoms with Crippen molar-refractivity contribution in [3.63, 3.8) is 0 Å². The summed E-state index contributed by atoms with van der Waals surface area (Å²) in [5, 5.41) is 0. The van der Waals surface area contributed by atoms with Crippen LogP contribution in [0.3, 0.4) is 0 Å². The quantitative estimate of drug-likeness (QED) is 0.0312. The molecule has 20 nitrogen and oxygen atoms in total. The minimum atomic E-state index is -3.13. The summed E-state index contributed by atoms with van der Waals surface area (Å²) in [7, 11) is -18.6. The fraction of sp³-hybridized carbons (Fsp3) is 0.941. The van der Waals surface area contributed by atoms with Crippen LogP contribution in [0.15, 0.2) is 0 Å². The van der Waals surface area contributed by atoms with Crippen molar-refractivity contribution in [2.24, 2.45) is 0 Å². The molecule has 0 heterocycles. The van der Waals surface area contributed by atoms with E-state index in [1.807, 2.05) is 0 Å². The van der Waals surface area contributed by atoms with E-state index >= 15 is 0 Å². The van der Waals surface area contributed by atoms with Crippen molar-refractivity contribution < 1.29 is 90.4 Å². The molecule has 98 heavy (non-hydrogen) atoms. The van der Waals surface area contributed by atoms with E-state index in [1.54, 1.807) is 6.92 Å². The molecular formula is C68H152O20S2Si8. The van der Waals surface area contributed by atoms with Gasteiger partial charge in [0.2, 0.25) is 0 Å². The Morgan fingerprint density at radius 1 is 0.265 bits per heavy atom. The first-order valence-corrected chi connectivity index (χ1v) is 66.1. The molecule has 30 heteroatoms. The van der Waals surface area contributed by atoms with Gasteiger partial charge in [0, 0.05) is 51.8 Å². The van der Waals surface area contributed by atoms with E-state index in [0.29, 0.717) is 72.5 Å². The maximum atomic E-state index is 11.4. The molecule has 0 bridgehead atoms. The second-order valence-electron chi connectivity index (χ2n) is 31.1. The van der Waals surface area contributed by atoms with E-state index < -0.39 is 92.2 Å². The Labute approximate surface area is 610 Å². The lowest BCUT2D eigenvalue weighted by Crippen LogP contribution is -2.44. The topological polar surface area (TPSA) is 247 Å². The third-order valence-electron chi connectivity index (χ3n) is 15.3. The summed E-state index contributed by atoms with van der Waals surface area (Å²) >= 11 is 0. The lowest BCUT2D eigenvalue weighted by Gasteiger charge is -2.34. The molecule has 0 saturated carbocycles. The molecule has 0 N–H and O–H groups in total. The van der Waals surface area contributed by atoms with E-state index in [2.05, 4.69) is 132 Å². The number of ether oxygens (including phenoxy) is 8. The molecule has 0 spiro atoms. The molecule has 0 atom stereocenters. The summed E-state index contributed by atoms with van der Waals surface area (Å²) in [6.45, 7) is 55.9. The number of Topliss-reactive ketones (excluding diaryl/α,β-unsaturated/α-hetero) is 2. The summed E-state index contributed by atoms with van der Waals surface area (Å²) in [5.74, 6) is -0.765. The summed E-state index contributed by atoms with van der Waals surface area (Å²) in [5.41, 5.74) is 0. The minimum Gasteiger partial charge on any atom is -0.463 e. The van der Waals surface area contributed by atoms with Crippen LogP contribution in [0.25, 0.3) is 0 Å². The molecule has 0 unspecified atom stereocenters. The van der Waals surface area contributed by atoms with Gasteiger partial charge in [0.1, 0.15) is 44.5 Å². The first-order valence-electron chi connectivity index (χ1n) is 37.0. The van der Waals surface area contributed by atoms with E-state index in [4.69, 9.17) is 54.4 Å². The highest BCUT2D eigenvalue weighted by Crippen LogP contribution is 2.28. The smallest absolute Gasteiger partial charge is 0.306 e. The molecule has 588 valence electrons. The van der Waals surface area contributed by atoms with Gasteiger partial charge >= 0.3 is 11.9 Å². The molecule has 0 amide bonds. The summed E-state index contributed by atoms with van der Waals surface area (Å²) in [6, 6.07) is 9.41. The maximum Gasteiger partial charge on any atom is 0.306 e. The van der Waals surface area contributed by atoms with Crippen molar-refractivity contribution >= 4 is 110 Å². The second kappa shape index (κ2) is 57.7. The van der Waals surface area contributed by atoms with Crippen molar-refractivity contribution in [1.29, 1.82) is 0 Å². The van der Waals surface area contributed by atoms with Gasteiger partial charge in [0.15, 0.2) is 66.5 Å². The number of rotatable bonds is 60. The van der Waals surface area contributed by atoms with Crippen molar-refractivity contribution in [3.05, 3.63) is 0 Å². The Hall–Kier alpha value is -0.485. The van der Waals surface area contributed by atoms with Crippen LogP contribution in [0.1, 0.15) is 144 Å². The monoisotopic (exact) mass is 1580 g/mol. The van der Waals surface area contributed by atoms with Gasteiger partial charge in [-0.1, -0.05) is 79.1 Å². The molecule has 0 rings (SSSR count). The standard InChI is InChI=1S/C18H38O5Si2.C17H38O6SSi2.C17H38O4Si2.C16H38O5SSi2/c1-7-8-15-24(3,4)23-25(5,6)16-9-12-21-13-14-22-18(20)11-10-17(2)19;1-7-8-15-25(3,4)23-26(5,6)16-9-11-21-12-13-22-17(18)10-14-24(2,19)20;1-7-8-15-22(3,4)21-23(5,6)16-9-11-19-13-14-20-12-10-17(2)18;1-7-8-15-23(3,4)21-24(5,6)16-9-10-19-11-12-20-13-14-22(2,17)18/h7-16H2,1-6H3;7-16H2,1-6H3;7-16H2,1-6H3;7-16H2,1-6H3. The lowest BCUT2D eigenvalue weighted by molar-refractivity contribution is -0.146. The van der Waals surface area contributed by atoms with Crippen LogP contribution < -0.4 is 0 Å². The second-order valence-corrected chi connectivity index (χ2v) is 71.0. The van der Waals surface area contributed by atoms with Crippen LogP contribution >= 0.6 is 0 Å². The Morgan fingerprint density at radius 3 is 0.735 bits per heavy atom. The molecule has 0 aromatic carbocycles. The molecular weight excluding hydrogens is 1430 g/mol. The fourth-order valence-corrected chi connectivity index (χ4v) is 47.6. The predicted octanol–water partition coefficient (Wildman–Crippen LogP) is 16.4. The minimum absolute atomic E-state index is 0.00290. The van der Waals surface area contributed by atoms with Crippen LogP contribution in [0.5, 0.6) is 0 Å². The zero-order valence-electron chi connectivity index (χ0n) is 67.3. The molecule has 0 aromatic heterocycles. The molecule has 0 aromatic rings. The normalized spacial score (nSPS) is 12.8. The van der Waals surface area contributed by atoms with Gasteiger partial charge in [0.25, 0.3) is 0 Å². The molecule has 0 radical (unpaired) electrons. The van der Waals surface area contributed by atoms with Crippen LogP contribution in [0.4, 0.5) is 0 Å². The Balaban J connectivity index is -0.000000602. The molecule has 0 saturated heterocycles. The Bertz CT molecular complexity index is 2260. The van der Waals surface area contributed by atoms with Crippen molar-refractivity contribution in [1.82, 2.24) is 0 Å². The van der Waals surface area contributed by atoms with Gasteiger partial charge in [-0.05, 0) is 193 Å². The van der Waals surface area contributed by atoms with Crippen LogP contribution in [-0.4, -0.2) is 223 Å². The highest BCUT2D eigenvalue weighted by atomic mass is 32.2. The highest BCUT2D eigenvalue weighted by molar-refractivity contribution is 7.90. The number of ketones is 2. The van der Waals surface area contributed by atoms with Crippen LogP contribution in [0, 0.1) is 0 Å². The average molecular weight is 1580 g/mol. The maximum absolute atomic E-state index is 11.4. The number of esters is 2. The van der Waals surface area contributed by atoms with Crippen molar-refractivity contribution in [2.45, 2.75) is 297 Å². The number of sulfone groups is 2. The third-order valence-corrected chi connectivity index (χ3v) is 47.3. The van der Waals surface area contributed by atoms with E-state index in [-0.39, 0.29) is 68.1 Å². The van der Waals surface area contributed by atoms with Crippen molar-refractivity contribution in [2.75, 3.05) is 117 Å². The third kappa shape index (κ3) is 79.6. The molecule has 0 fully saturated rings. The van der Waals surface area contributed by atoms with Gasteiger partial charge in [-0.15, -0.1) is 0 Å². The fourth-order valence-electron chi connectivity index (χ4n) is 10.6. The number of carbonyl (C=O) groups excluding carboxylic acids is 4. The van der Waals surface area contributed by atoms with E-state index in [1.165, 1.54) is 88.7 Å². The number of hydrogen-bond acceptors (Lipinski definition) is 20. The highest BCUT2D eigenvalue weighted by Gasteiger charge is 2.35. The van der Waals surface area contributed by atoms with Gasteiger partial charge in [-0.2, -0.15) is 0 Å². The first-order chi connectivity index (χ1) is 45.1.